The molecule has 3 N–H and O–H groups in total. The van der Waals surface area contributed by atoms with E-state index in [1.54, 1.807) is 24.3 Å². The van der Waals surface area contributed by atoms with Crippen LogP contribution in [0.1, 0.15) is 22.7 Å². The molecule has 2 amide bonds. The Balaban J connectivity index is 1.61. The van der Waals surface area contributed by atoms with Crippen molar-refractivity contribution in [3.05, 3.63) is 80.5 Å². The van der Waals surface area contributed by atoms with Crippen molar-refractivity contribution in [2.75, 3.05) is 6.54 Å². The molecule has 2 aromatic heterocycles. The molecule has 0 aliphatic carbocycles. The van der Waals surface area contributed by atoms with E-state index in [9.17, 15) is 14.4 Å². The van der Waals surface area contributed by atoms with E-state index in [2.05, 4.69) is 15.4 Å². The Kier molecular flexibility index (Phi) is 6.60. The minimum absolute atomic E-state index is 0.0218. The van der Waals surface area contributed by atoms with Crippen LogP contribution < -0.4 is 16.6 Å². The predicted molar refractivity (Wildman–Crippen MR) is 128 cm³/mol. The molecule has 0 radical (unpaired) electrons. The number of nitrogens with one attached hydrogen (secondary N) is 1. The molecular formula is C24H23N5O3S. The first-order valence-electron chi connectivity index (χ1n) is 10.5. The van der Waals surface area contributed by atoms with Gasteiger partial charge in [0.1, 0.15) is 5.01 Å². The maximum Gasteiger partial charge on any atom is 0.275 e. The Labute approximate surface area is 194 Å². The number of hydrogen-bond donors (Lipinski definition) is 2. The van der Waals surface area contributed by atoms with Crippen molar-refractivity contribution in [2.45, 2.75) is 26.3 Å². The van der Waals surface area contributed by atoms with Crippen LogP contribution in [0.15, 0.2) is 58.7 Å². The van der Waals surface area contributed by atoms with Gasteiger partial charge in [0.15, 0.2) is 0 Å². The summed E-state index contributed by atoms with van der Waals surface area (Å²) < 4.78 is 1.35. The molecule has 4 aromatic rings. The summed E-state index contributed by atoms with van der Waals surface area (Å²) in [4.78, 5) is 41.0. The minimum atomic E-state index is -0.485. The number of primary amides is 1. The number of fused-ring (bicyclic) bond motifs is 1. The van der Waals surface area contributed by atoms with E-state index >= 15 is 0 Å². The van der Waals surface area contributed by atoms with Gasteiger partial charge in [-0.15, -0.1) is 11.3 Å². The monoisotopic (exact) mass is 461 g/mol. The summed E-state index contributed by atoms with van der Waals surface area (Å²) in [5.74, 6) is -0.782. The highest BCUT2D eigenvalue weighted by atomic mass is 32.1. The van der Waals surface area contributed by atoms with E-state index in [1.807, 2.05) is 36.6 Å². The number of carbonyl (C=O) groups is 2. The number of carbonyl (C=O) groups excluding carboxylic acids is 2. The SMILES string of the molecule is Cc1ccc(-c2csc(Cn3nc(CC(=O)NCCC(N)=O)c4ccccc4c3=O)n2)cc1. The van der Waals surface area contributed by atoms with Crippen LogP contribution in [0.5, 0.6) is 0 Å². The second-order valence-electron chi connectivity index (χ2n) is 7.69. The lowest BCUT2D eigenvalue weighted by atomic mass is 10.1. The smallest absolute Gasteiger partial charge is 0.275 e. The molecular weight excluding hydrogens is 438 g/mol. The highest BCUT2D eigenvalue weighted by molar-refractivity contribution is 7.09. The third-order valence-electron chi connectivity index (χ3n) is 5.15. The van der Waals surface area contributed by atoms with Crippen LogP contribution >= 0.6 is 11.3 Å². The van der Waals surface area contributed by atoms with Crippen LogP contribution in [0.3, 0.4) is 0 Å². The number of thiazole rings is 1. The summed E-state index contributed by atoms with van der Waals surface area (Å²) in [6.45, 7) is 2.40. The molecule has 0 saturated carbocycles. The first kappa shape index (κ1) is 22.3. The molecule has 33 heavy (non-hydrogen) atoms. The third kappa shape index (κ3) is 5.32. The van der Waals surface area contributed by atoms with Crippen LogP contribution in [0.2, 0.25) is 0 Å². The van der Waals surface area contributed by atoms with Crippen molar-refractivity contribution in [1.82, 2.24) is 20.1 Å². The fourth-order valence-corrected chi connectivity index (χ4v) is 4.24. The van der Waals surface area contributed by atoms with E-state index in [0.717, 1.165) is 16.3 Å². The maximum absolute atomic E-state index is 13.1. The zero-order chi connectivity index (χ0) is 23.4. The van der Waals surface area contributed by atoms with E-state index in [0.29, 0.717) is 16.5 Å². The number of aromatic nitrogens is 3. The number of benzene rings is 2. The highest BCUT2D eigenvalue weighted by Gasteiger charge is 2.15. The molecule has 0 aliphatic rings. The number of hydrogen-bond acceptors (Lipinski definition) is 6. The first-order chi connectivity index (χ1) is 15.9. The zero-order valence-corrected chi connectivity index (χ0v) is 18.9. The van der Waals surface area contributed by atoms with Crippen molar-refractivity contribution >= 4 is 33.9 Å². The van der Waals surface area contributed by atoms with Crippen molar-refractivity contribution < 1.29 is 9.59 Å². The lowest BCUT2D eigenvalue weighted by molar-refractivity contribution is -0.120. The Bertz CT molecular complexity index is 1380. The van der Waals surface area contributed by atoms with Crippen molar-refractivity contribution in [3.8, 4) is 11.3 Å². The number of nitrogens with zero attached hydrogens (tertiary/aromatic N) is 3. The van der Waals surface area contributed by atoms with Gasteiger partial charge < -0.3 is 11.1 Å². The minimum Gasteiger partial charge on any atom is -0.370 e. The average molecular weight is 462 g/mol. The topological polar surface area (TPSA) is 120 Å². The molecule has 0 aliphatic heterocycles. The van der Waals surface area contributed by atoms with Gasteiger partial charge in [-0.2, -0.15) is 5.10 Å². The molecule has 168 valence electrons. The summed E-state index contributed by atoms with van der Waals surface area (Å²) >= 11 is 1.46. The van der Waals surface area contributed by atoms with Gasteiger partial charge in [-0.3, -0.25) is 14.4 Å². The molecule has 2 aromatic carbocycles. The van der Waals surface area contributed by atoms with Gasteiger partial charge in [-0.1, -0.05) is 48.0 Å². The Morgan fingerprint density at radius 2 is 1.82 bits per heavy atom. The van der Waals surface area contributed by atoms with Gasteiger partial charge in [0.2, 0.25) is 11.8 Å². The van der Waals surface area contributed by atoms with E-state index in [4.69, 9.17) is 5.73 Å². The first-order valence-corrected chi connectivity index (χ1v) is 11.3. The molecule has 4 rings (SSSR count). The highest BCUT2D eigenvalue weighted by Crippen LogP contribution is 2.23. The van der Waals surface area contributed by atoms with Gasteiger partial charge in [0.05, 0.1) is 29.7 Å². The van der Waals surface area contributed by atoms with Crippen LogP contribution in [-0.2, 0) is 22.6 Å². The molecule has 0 spiro atoms. The van der Waals surface area contributed by atoms with E-state index in [1.165, 1.54) is 21.6 Å². The number of nitrogens with two attached hydrogens (primary N) is 1. The number of amides is 2. The molecule has 0 atom stereocenters. The van der Waals surface area contributed by atoms with E-state index in [-0.39, 0.29) is 37.4 Å². The van der Waals surface area contributed by atoms with Gasteiger partial charge in [0, 0.05) is 29.3 Å². The largest absolute Gasteiger partial charge is 0.370 e. The molecule has 2 heterocycles. The fraction of sp³-hybridized carbons (Fsp3) is 0.208. The van der Waals surface area contributed by atoms with Crippen molar-refractivity contribution in [3.63, 3.8) is 0 Å². The molecule has 0 unspecified atom stereocenters. The van der Waals surface area contributed by atoms with Crippen molar-refractivity contribution in [2.24, 2.45) is 5.73 Å². The summed E-state index contributed by atoms with van der Waals surface area (Å²) in [7, 11) is 0. The molecule has 9 heteroatoms. The summed E-state index contributed by atoms with van der Waals surface area (Å²) in [6.07, 6.45) is 0.0405. The van der Waals surface area contributed by atoms with E-state index < -0.39 is 5.91 Å². The molecule has 8 nitrogen and oxygen atoms in total. The summed E-state index contributed by atoms with van der Waals surface area (Å²) in [5, 5.41) is 11.0. The zero-order valence-electron chi connectivity index (χ0n) is 18.1. The van der Waals surface area contributed by atoms with Crippen LogP contribution in [0, 0.1) is 6.92 Å². The maximum atomic E-state index is 13.1. The number of rotatable bonds is 8. The third-order valence-corrected chi connectivity index (χ3v) is 5.98. The number of aryl methyl sites for hydroxylation is 1. The van der Waals surface area contributed by atoms with Crippen LogP contribution in [-0.4, -0.2) is 33.1 Å². The van der Waals surface area contributed by atoms with Crippen molar-refractivity contribution in [1.29, 1.82) is 0 Å². The van der Waals surface area contributed by atoms with Crippen LogP contribution in [0.4, 0.5) is 0 Å². The molecule has 0 saturated heterocycles. The van der Waals surface area contributed by atoms with Gasteiger partial charge in [-0.05, 0) is 13.0 Å². The Hall–Kier alpha value is -3.85. The Morgan fingerprint density at radius 3 is 2.55 bits per heavy atom. The van der Waals surface area contributed by atoms with Gasteiger partial charge >= 0.3 is 0 Å². The fourth-order valence-electron chi connectivity index (χ4n) is 3.45. The molecule has 0 bridgehead atoms. The molecule has 0 fully saturated rings. The standard InChI is InChI=1S/C24H23N5O3S/c1-15-6-8-16(9-7-15)20-14-33-23(27-20)13-29-24(32)18-5-3-2-4-17(18)19(28-29)12-22(31)26-11-10-21(25)30/h2-9,14H,10-13H2,1H3,(H2,25,30)(H,26,31). The lowest BCUT2D eigenvalue weighted by Crippen LogP contribution is -2.31. The van der Waals surface area contributed by atoms with Gasteiger partial charge in [0.25, 0.3) is 5.56 Å². The van der Waals surface area contributed by atoms with Crippen LogP contribution in [0.25, 0.3) is 22.0 Å². The Morgan fingerprint density at radius 1 is 1.09 bits per heavy atom. The quantitative estimate of drug-likeness (QED) is 0.418. The summed E-state index contributed by atoms with van der Waals surface area (Å²) in [5.41, 5.74) is 8.39. The average Bonchev–Trinajstić information content (AvgIpc) is 3.26. The normalized spacial score (nSPS) is 10.9. The predicted octanol–water partition coefficient (Wildman–Crippen LogP) is 2.41. The second kappa shape index (κ2) is 9.74. The lowest BCUT2D eigenvalue weighted by Gasteiger charge is -2.10. The van der Waals surface area contributed by atoms with Gasteiger partial charge in [-0.25, -0.2) is 9.67 Å². The second-order valence-corrected chi connectivity index (χ2v) is 8.63. The summed E-state index contributed by atoms with van der Waals surface area (Å²) in [6, 6.07) is 15.2.